The normalized spacial score (nSPS) is 21.0. The number of fused-ring (bicyclic) bond motifs is 1. The maximum atomic E-state index is 13.5. The van der Waals surface area contributed by atoms with Crippen molar-refractivity contribution in [1.29, 1.82) is 0 Å². The standard InChI is InChI=1S/C23H28N4O5S/c1-3-19-23(29)26-18-11-15(2)21(12-20(18)32-19)33(30,31)27-10-6-7-16(14-27)22(28)25-13-17-8-4-5-9-24-17/h4-5,8-9,11-12,16,19H,3,6-7,10,13-14H2,1-2H3,(H,25,28)(H,26,29)/t16-,19+/m1/s1. The fraction of sp³-hybridized carbons (Fsp3) is 0.435. The number of sulfonamides is 1. The Balaban J connectivity index is 1.50. The van der Waals surface area contributed by atoms with Crippen molar-refractivity contribution in [2.75, 3.05) is 18.4 Å². The lowest BCUT2D eigenvalue weighted by Crippen LogP contribution is -2.45. The highest BCUT2D eigenvalue weighted by Gasteiger charge is 2.35. The molecule has 0 bridgehead atoms. The zero-order chi connectivity index (χ0) is 23.6. The van der Waals surface area contributed by atoms with Gasteiger partial charge < -0.3 is 15.4 Å². The fourth-order valence-electron chi connectivity index (χ4n) is 4.17. The van der Waals surface area contributed by atoms with Crippen LogP contribution >= 0.6 is 0 Å². The summed E-state index contributed by atoms with van der Waals surface area (Å²) in [6, 6.07) is 8.58. The molecule has 2 aliphatic rings. The maximum Gasteiger partial charge on any atom is 0.265 e. The third-order valence-electron chi connectivity index (χ3n) is 6.01. The van der Waals surface area contributed by atoms with E-state index in [2.05, 4.69) is 15.6 Å². The number of aryl methyl sites for hydroxylation is 1. The monoisotopic (exact) mass is 472 g/mol. The number of ether oxygens (including phenoxy) is 1. The summed E-state index contributed by atoms with van der Waals surface area (Å²) in [5.74, 6) is -0.516. The average Bonchev–Trinajstić information content (AvgIpc) is 2.82. The Hall–Kier alpha value is -2.98. The fourth-order valence-corrected chi connectivity index (χ4v) is 5.92. The van der Waals surface area contributed by atoms with Gasteiger partial charge in [-0.1, -0.05) is 13.0 Å². The van der Waals surface area contributed by atoms with Crippen molar-refractivity contribution in [2.24, 2.45) is 5.92 Å². The molecule has 2 atom stereocenters. The maximum absolute atomic E-state index is 13.5. The first-order valence-electron chi connectivity index (χ1n) is 11.1. The number of hydrogen-bond acceptors (Lipinski definition) is 6. The van der Waals surface area contributed by atoms with Crippen LogP contribution in [0.15, 0.2) is 41.4 Å². The second-order valence-corrected chi connectivity index (χ2v) is 10.3. The largest absolute Gasteiger partial charge is 0.478 e. The van der Waals surface area contributed by atoms with Crippen LogP contribution in [-0.2, 0) is 26.2 Å². The van der Waals surface area contributed by atoms with Crippen molar-refractivity contribution in [3.8, 4) is 5.75 Å². The average molecular weight is 473 g/mol. The molecule has 2 amide bonds. The number of hydrogen-bond donors (Lipinski definition) is 2. The molecule has 1 saturated heterocycles. The van der Waals surface area contributed by atoms with Gasteiger partial charge in [-0.3, -0.25) is 14.6 Å². The molecular weight excluding hydrogens is 444 g/mol. The van der Waals surface area contributed by atoms with E-state index in [1.165, 1.54) is 10.4 Å². The van der Waals surface area contributed by atoms with Crippen LogP contribution < -0.4 is 15.4 Å². The van der Waals surface area contributed by atoms with Crippen molar-refractivity contribution < 1.29 is 22.7 Å². The minimum atomic E-state index is -3.85. The molecule has 0 aliphatic carbocycles. The Morgan fingerprint density at radius 1 is 1.33 bits per heavy atom. The van der Waals surface area contributed by atoms with E-state index < -0.39 is 22.0 Å². The topological polar surface area (TPSA) is 118 Å². The molecular formula is C23H28N4O5S. The van der Waals surface area contributed by atoms with Gasteiger partial charge in [0.1, 0.15) is 5.75 Å². The molecule has 2 N–H and O–H groups in total. The third kappa shape index (κ3) is 4.86. The number of rotatable bonds is 6. The molecule has 3 heterocycles. The number of nitrogens with one attached hydrogen (secondary N) is 2. The predicted octanol–water partition coefficient (Wildman–Crippen LogP) is 2.22. The molecule has 4 rings (SSSR count). The molecule has 1 aromatic heterocycles. The number of anilines is 1. The number of piperidine rings is 1. The van der Waals surface area contributed by atoms with Crippen molar-refractivity contribution in [3.05, 3.63) is 47.8 Å². The molecule has 2 aliphatic heterocycles. The number of nitrogens with zero attached hydrogens (tertiary/aromatic N) is 2. The van der Waals surface area contributed by atoms with Gasteiger partial charge in [0.15, 0.2) is 6.10 Å². The van der Waals surface area contributed by atoms with Gasteiger partial charge in [-0.05, 0) is 49.9 Å². The van der Waals surface area contributed by atoms with E-state index in [1.807, 2.05) is 19.1 Å². The second kappa shape index (κ2) is 9.48. The lowest BCUT2D eigenvalue weighted by atomic mass is 9.99. The Labute approximate surface area is 193 Å². The van der Waals surface area contributed by atoms with E-state index in [0.29, 0.717) is 49.4 Å². The number of pyridine rings is 1. The number of aromatic nitrogens is 1. The molecule has 10 heteroatoms. The van der Waals surface area contributed by atoms with Gasteiger partial charge in [0, 0.05) is 25.4 Å². The highest BCUT2D eigenvalue weighted by molar-refractivity contribution is 7.89. The Morgan fingerprint density at radius 3 is 2.88 bits per heavy atom. The first-order chi connectivity index (χ1) is 15.8. The summed E-state index contributed by atoms with van der Waals surface area (Å²) in [7, 11) is -3.85. The van der Waals surface area contributed by atoms with E-state index in [-0.39, 0.29) is 23.3 Å². The highest BCUT2D eigenvalue weighted by atomic mass is 32.2. The van der Waals surface area contributed by atoms with Gasteiger partial charge in [0.05, 0.1) is 28.7 Å². The summed E-state index contributed by atoms with van der Waals surface area (Å²) in [6.45, 7) is 4.27. The number of carbonyl (C=O) groups excluding carboxylic acids is 2. The van der Waals surface area contributed by atoms with Gasteiger partial charge in [-0.25, -0.2) is 8.42 Å². The van der Waals surface area contributed by atoms with Gasteiger partial charge in [0.25, 0.3) is 5.91 Å². The number of carbonyl (C=O) groups is 2. The van der Waals surface area contributed by atoms with Crippen LogP contribution in [0.1, 0.15) is 37.4 Å². The molecule has 1 fully saturated rings. The van der Waals surface area contributed by atoms with Crippen LogP contribution in [-0.4, -0.2) is 48.7 Å². The van der Waals surface area contributed by atoms with Crippen LogP contribution in [0.5, 0.6) is 5.75 Å². The first-order valence-corrected chi connectivity index (χ1v) is 12.5. The first kappa shape index (κ1) is 23.2. The van der Waals surface area contributed by atoms with Crippen LogP contribution in [0.25, 0.3) is 0 Å². The van der Waals surface area contributed by atoms with E-state index in [1.54, 1.807) is 25.3 Å². The van der Waals surface area contributed by atoms with Gasteiger partial charge in [-0.2, -0.15) is 4.31 Å². The number of amides is 2. The van der Waals surface area contributed by atoms with Crippen LogP contribution in [0, 0.1) is 12.8 Å². The summed E-state index contributed by atoms with van der Waals surface area (Å²) >= 11 is 0. The second-order valence-electron chi connectivity index (χ2n) is 8.36. The minimum Gasteiger partial charge on any atom is -0.478 e. The lowest BCUT2D eigenvalue weighted by molar-refractivity contribution is -0.126. The Bertz CT molecular complexity index is 1150. The quantitative estimate of drug-likeness (QED) is 0.666. The Morgan fingerprint density at radius 2 is 2.15 bits per heavy atom. The Kier molecular flexibility index (Phi) is 6.66. The summed E-state index contributed by atoms with van der Waals surface area (Å²) in [4.78, 5) is 29.1. The van der Waals surface area contributed by atoms with Gasteiger partial charge >= 0.3 is 0 Å². The molecule has 0 saturated carbocycles. The van der Waals surface area contributed by atoms with Crippen LogP contribution in [0.2, 0.25) is 0 Å². The minimum absolute atomic E-state index is 0.113. The zero-order valence-corrected chi connectivity index (χ0v) is 19.5. The number of benzene rings is 1. The summed E-state index contributed by atoms with van der Waals surface area (Å²) < 4.78 is 34.1. The van der Waals surface area contributed by atoms with Gasteiger partial charge in [0.2, 0.25) is 15.9 Å². The van der Waals surface area contributed by atoms with Crippen molar-refractivity contribution in [3.63, 3.8) is 0 Å². The molecule has 2 aromatic rings. The molecule has 33 heavy (non-hydrogen) atoms. The molecule has 176 valence electrons. The molecule has 0 unspecified atom stereocenters. The zero-order valence-electron chi connectivity index (χ0n) is 18.7. The molecule has 0 radical (unpaired) electrons. The van der Waals surface area contributed by atoms with E-state index in [9.17, 15) is 18.0 Å². The SMILES string of the molecule is CC[C@@H]1Oc2cc(S(=O)(=O)N3CCC[C@@H](C(=O)NCc4ccccn4)C3)c(C)cc2NC1=O. The molecule has 1 aromatic carbocycles. The smallest absolute Gasteiger partial charge is 0.265 e. The van der Waals surface area contributed by atoms with E-state index >= 15 is 0 Å². The van der Waals surface area contributed by atoms with Crippen LogP contribution in [0.4, 0.5) is 5.69 Å². The summed E-state index contributed by atoms with van der Waals surface area (Å²) in [5, 5.41) is 5.64. The van der Waals surface area contributed by atoms with Gasteiger partial charge in [-0.15, -0.1) is 0 Å². The highest BCUT2D eigenvalue weighted by Crippen LogP contribution is 2.36. The van der Waals surface area contributed by atoms with Crippen molar-refractivity contribution >= 4 is 27.5 Å². The van der Waals surface area contributed by atoms with Crippen molar-refractivity contribution in [2.45, 2.75) is 50.7 Å². The third-order valence-corrected chi connectivity index (χ3v) is 8.02. The lowest BCUT2D eigenvalue weighted by Gasteiger charge is -2.32. The van der Waals surface area contributed by atoms with E-state index in [0.717, 1.165) is 5.69 Å². The van der Waals surface area contributed by atoms with E-state index in [4.69, 9.17) is 4.74 Å². The molecule has 9 nitrogen and oxygen atoms in total. The predicted molar refractivity (Wildman–Crippen MR) is 122 cm³/mol. The summed E-state index contributed by atoms with van der Waals surface area (Å²) in [5.41, 5.74) is 1.72. The molecule has 0 spiro atoms. The van der Waals surface area contributed by atoms with Crippen LogP contribution in [0.3, 0.4) is 0 Å². The summed E-state index contributed by atoms with van der Waals surface area (Å²) in [6.07, 6.45) is 2.70. The van der Waals surface area contributed by atoms with Crippen molar-refractivity contribution in [1.82, 2.24) is 14.6 Å².